The van der Waals surface area contributed by atoms with Gasteiger partial charge in [0, 0.05) is 51.0 Å². The van der Waals surface area contributed by atoms with E-state index in [1.165, 1.54) is 11.1 Å². The Morgan fingerprint density at radius 3 is 2.38 bits per heavy atom. The van der Waals surface area contributed by atoms with E-state index in [2.05, 4.69) is 65.1 Å². The first-order chi connectivity index (χ1) is 15.6. The van der Waals surface area contributed by atoms with Gasteiger partial charge in [-0.25, -0.2) is 0 Å². The van der Waals surface area contributed by atoms with Gasteiger partial charge in [-0.15, -0.1) is 0 Å². The zero-order valence-corrected chi connectivity index (χ0v) is 19.1. The molecular weight excluding hydrogens is 396 g/mol. The predicted octanol–water partition coefficient (Wildman–Crippen LogP) is 4.45. The number of hydrogen-bond donors (Lipinski definition) is 0. The van der Waals surface area contributed by atoms with Gasteiger partial charge in [0.2, 0.25) is 5.91 Å². The van der Waals surface area contributed by atoms with Crippen LogP contribution in [0.15, 0.2) is 73.3 Å². The van der Waals surface area contributed by atoms with E-state index in [0.29, 0.717) is 0 Å². The van der Waals surface area contributed by atoms with Crippen LogP contribution in [0.2, 0.25) is 0 Å². The van der Waals surface area contributed by atoms with Crippen LogP contribution in [-0.4, -0.2) is 51.9 Å². The van der Waals surface area contributed by atoms with E-state index >= 15 is 0 Å². The van der Waals surface area contributed by atoms with Crippen LogP contribution in [0.5, 0.6) is 0 Å². The largest absolute Gasteiger partial charge is 0.343 e. The average molecular weight is 429 g/mol. The summed E-state index contributed by atoms with van der Waals surface area (Å²) in [7, 11) is 0. The lowest BCUT2D eigenvalue weighted by molar-refractivity contribution is -0.141. The lowest BCUT2D eigenvalue weighted by Gasteiger charge is -2.34. The smallest absolute Gasteiger partial charge is 0.230 e. The molecule has 0 radical (unpaired) electrons. The van der Waals surface area contributed by atoms with Crippen molar-refractivity contribution in [2.75, 3.05) is 26.2 Å². The number of carbonyl (C=O) groups excluding carboxylic acids is 1. The maximum absolute atomic E-state index is 13.8. The van der Waals surface area contributed by atoms with Gasteiger partial charge in [-0.05, 0) is 67.6 Å². The molecule has 3 aromatic rings. The van der Waals surface area contributed by atoms with Gasteiger partial charge in [0.15, 0.2) is 0 Å². The van der Waals surface area contributed by atoms with Crippen molar-refractivity contribution in [3.8, 4) is 11.1 Å². The molecule has 0 aliphatic carbocycles. The van der Waals surface area contributed by atoms with Gasteiger partial charge in [0.05, 0.1) is 5.41 Å². The van der Waals surface area contributed by atoms with Gasteiger partial charge >= 0.3 is 0 Å². The first-order valence-electron chi connectivity index (χ1n) is 11.5. The molecule has 0 N–H and O–H groups in total. The van der Waals surface area contributed by atoms with Gasteiger partial charge in [0.1, 0.15) is 0 Å². The molecule has 0 saturated carbocycles. The Balaban J connectivity index is 1.60. The van der Waals surface area contributed by atoms with E-state index in [4.69, 9.17) is 0 Å². The van der Waals surface area contributed by atoms with E-state index in [-0.39, 0.29) is 5.91 Å². The van der Waals surface area contributed by atoms with Crippen LogP contribution in [0.1, 0.15) is 31.4 Å². The highest BCUT2D eigenvalue weighted by molar-refractivity contribution is 5.84. The third-order valence-corrected chi connectivity index (χ3v) is 6.53. The first kappa shape index (κ1) is 22.2. The molecule has 2 aromatic heterocycles. The molecule has 5 heteroatoms. The van der Waals surface area contributed by atoms with Crippen molar-refractivity contribution in [1.82, 2.24) is 19.8 Å². The van der Waals surface area contributed by atoms with Gasteiger partial charge in [-0.3, -0.25) is 19.7 Å². The fourth-order valence-corrected chi connectivity index (χ4v) is 4.87. The standard InChI is InChI=1S/C27H32N4O/c1-3-31(4-2)26(32)27(12-15-30(21-27)20-23-9-6-13-28-18-23)17-22-8-5-10-24(16-22)25-11-7-14-29-19-25/h5-11,13-14,16,18-19H,3-4,12,15,17,20-21H2,1-2H3. The predicted molar refractivity (Wildman–Crippen MR) is 128 cm³/mol. The molecule has 0 bridgehead atoms. The monoisotopic (exact) mass is 428 g/mol. The molecule has 1 amide bonds. The molecule has 4 rings (SSSR count). The summed E-state index contributed by atoms with van der Waals surface area (Å²) in [6, 6.07) is 16.7. The molecule has 1 aliphatic heterocycles. The summed E-state index contributed by atoms with van der Waals surface area (Å²) >= 11 is 0. The molecular formula is C27H32N4O. The Morgan fingerprint density at radius 1 is 0.969 bits per heavy atom. The highest BCUT2D eigenvalue weighted by atomic mass is 16.2. The third-order valence-electron chi connectivity index (χ3n) is 6.53. The number of pyridine rings is 2. The molecule has 0 spiro atoms. The van der Waals surface area contributed by atoms with Gasteiger partial charge < -0.3 is 4.90 Å². The molecule has 1 fully saturated rings. The second-order valence-electron chi connectivity index (χ2n) is 8.70. The maximum Gasteiger partial charge on any atom is 0.230 e. The minimum atomic E-state index is -0.401. The Bertz CT molecular complexity index is 1020. The van der Waals surface area contributed by atoms with Crippen molar-refractivity contribution in [2.24, 2.45) is 5.41 Å². The highest BCUT2D eigenvalue weighted by Crippen LogP contribution is 2.37. The quantitative estimate of drug-likeness (QED) is 0.532. The third kappa shape index (κ3) is 4.89. The number of benzene rings is 1. The van der Waals surface area contributed by atoms with E-state index < -0.39 is 5.41 Å². The van der Waals surface area contributed by atoms with Crippen LogP contribution in [0.25, 0.3) is 11.1 Å². The summed E-state index contributed by atoms with van der Waals surface area (Å²) in [5.74, 6) is 0.281. The van der Waals surface area contributed by atoms with Crippen LogP contribution >= 0.6 is 0 Å². The fraction of sp³-hybridized carbons (Fsp3) is 0.370. The van der Waals surface area contributed by atoms with Gasteiger partial charge in [0.25, 0.3) is 0 Å². The van der Waals surface area contributed by atoms with Crippen LogP contribution in [0.3, 0.4) is 0 Å². The van der Waals surface area contributed by atoms with Crippen LogP contribution in [0, 0.1) is 5.41 Å². The topological polar surface area (TPSA) is 49.3 Å². The van der Waals surface area contributed by atoms with E-state index in [9.17, 15) is 4.79 Å². The van der Waals surface area contributed by atoms with Gasteiger partial charge in [-0.2, -0.15) is 0 Å². The summed E-state index contributed by atoms with van der Waals surface area (Å²) in [4.78, 5) is 26.7. The lowest BCUT2D eigenvalue weighted by Crippen LogP contribution is -2.46. The molecule has 5 nitrogen and oxygen atoms in total. The van der Waals surface area contributed by atoms with Crippen LogP contribution < -0.4 is 0 Å². The minimum Gasteiger partial charge on any atom is -0.343 e. The van der Waals surface area contributed by atoms with Crippen LogP contribution in [-0.2, 0) is 17.8 Å². The van der Waals surface area contributed by atoms with Crippen molar-refractivity contribution >= 4 is 5.91 Å². The molecule has 1 aromatic carbocycles. The zero-order valence-electron chi connectivity index (χ0n) is 19.1. The van der Waals surface area contributed by atoms with Gasteiger partial charge in [-0.1, -0.05) is 36.4 Å². The number of amides is 1. The number of nitrogens with zero attached hydrogens (tertiary/aromatic N) is 4. The number of hydrogen-bond acceptors (Lipinski definition) is 4. The minimum absolute atomic E-state index is 0.281. The Labute approximate surface area is 191 Å². The summed E-state index contributed by atoms with van der Waals surface area (Å²) in [6.45, 7) is 8.15. The fourth-order valence-electron chi connectivity index (χ4n) is 4.87. The van der Waals surface area contributed by atoms with Crippen molar-refractivity contribution in [3.05, 3.63) is 84.4 Å². The van der Waals surface area contributed by atoms with E-state index in [1.54, 1.807) is 12.4 Å². The van der Waals surface area contributed by atoms with E-state index in [0.717, 1.165) is 56.7 Å². The molecule has 32 heavy (non-hydrogen) atoms. The summed E-state index contributed by atoms with van der Waals surface area (Å²) in [5.41, 5.74) is 4.24. The lowest BCUT2D eigenvalue weighted by atomic mass is 9.79. The second kappa shape index (κ2) is 10.0. The molecule has 166 valence electrons. The second-order valence-corrected chi connectivity index (χ2v) is 8.70. The zero-order chi connectivity index (χ0) is 22.4. The SMILES string of the molecule is CCN(CC)C(=O)C1(Cc2cccc(-c3cccnc3)c2)CCN(Cc2cccnc2)C1. The maximum atomic E-state index is 13.8. The highest BCUT2D eigenvalue weighted by Gasteiger charge is 2.46. The number of carbonyl (C=O) groups is 1. The van der Waals surface area contributed by atoms with Crippen molar-refractivity contribution < 1.29 is 4.79 Å². The molecule has 1 saturated heterocycles. The van der Waals surface area contributed by atoms with Crippen LogP contribution in [0.4, 0.5) is 0 Å². The van der Waals surface area contributed by atoms with Crippen molar-refractivity contribution in [1.29, 1.82) is 0 Å². The Morgan fingerprint density at radius 2 is 1.69 bits per heavy atom. The van der Waals surface area contributed by atoms with E-state index in [1.807, 2.05) is 29.4 Å². The molecule has 1 atom stereocenters. The number of rotatable bonds is 8. The summed E-state index contributed by atoms with van der Waals surface area (Å²) < 4.78 is 0. The molecule has 1 unspecified atom stereocenters. The average Bonchev–Trinajstić information content (AvgIpc) is 3.24. The number of aromatic nitrogens is 2. The summed E-state index contributed by atoms with van der Waals surface area (Å²) in [6.07, 6.45) is 9.03. The molecule has 1 aliphatic rings. The normalized spacial score (nSPS) is 18.6. The Hall–Kier alpha value is -3.05. The van der Waals surface area contributed by atoms with Crippen molar-refractivity contribution in [3.63, 3.8) is 0 Å². The molecule has 3 heterocycles. The van der Waals surface area contributed by atoms with Crippen molar-refractivity contribution in [2.45, 2.75) is 33.2 Å². The summed E-state index contributed by atoms with van der Waals surface area (Å²) in [5, 5.41) is 0. The Kier molecular flexibility index (Phi) is 6.96. The number of likely N-dealkylation sites (tertiary alicyclic amines) is 1. The first-order valence-corrected chi connectivity index (χ1v) is 11.5.